The molecule has 1 rings (SSSR count). The van der Waals surface area contributed by atoms with Crippen LogP contribution in [0.3, 0.4) is 0 Å². The third-order valence-corrected chi connectivity index (χ3v) is 2.49. The fourth-order valence-corrected chi connectivity index (χ4v) is 1.35. The average molecular weight is 278 g/mol. The number of pyridine rings is 1. The maximum absolute atomic E-state index is 11.9. The first kappa shape index (κ1) is 15.5. The number of aliphatic carboxylic acids is 1. The molecule has 0 saturated heterocycles. The van der Waals surface area contributed by atoms with Crippen LogP contribution in [0, 0.1) is 0 Å². The number of nitrogens with one attached hydrogen (secondary N) is 2. The number of carbonyl (C=O) groups excluding carboxylic acids is 1. The molecule has 0 unspecified atom stereocenters. The van der Waals surface area contributed by atoms with Crippen molar-refractivity contribution in [3.05, 3.63) is 36.3 Å². The third-order valence-electron chi connectivity index (χ3n) is 2.49. The molecule has 0 spiro atoms. The number of rotatable bonds is 7. The molecule has 1 heterocycles. The number of hydrazine groups is 1. The lowest BCUT2D eigenvalue weighted by molar-refractivity contribution is -0.136. The number of hydrogen-bond acceptors (Lipinski definition) is 5. The molecule has 108 valence electrons. The maximum Gasteiger partial charge on any atom is 0.303 e. The van der Waals surface area contributed by atoms with E-state index in [0.29, 0.717) is 5.70 Å². The number of aromatic nitrogens is 1. The van der Waals surface area contributed by atoms with Gasteiger partial charge in [0.1, 0.15) is 5.69 Å². The van der Waals surface area contributed by atoms with Crippen LogP contribution in [0.15, 0.2) is 30.6 Å². The Labute approximate surface area is 117 Å². The van der Waals surface area contributed by atoms with E-state index in [1.54, 1.807) is 18.3 Å². The molecular formula is C13H18N4O3. The molecule has 0 atom stereocenters. The topological polar surface area (TPSA) is 94.6 Å². The zero-order chi connectivity index (χ0) is 15.1. The number of hydrogen-bond donors (Lipinski definition) is 3. The second-order valence-corrected chi connectivity index (χ2v) is 4.37. The van der Waals surface area contributed by atoms with Gasteiger partial charge < -0.3 is 15.4 Å². The number of carbonyl (C=O) groups is 2. The quantitative estimate of drug-likeness (QED) is 0.637. The lowest BCUT2D eigenvalue weighted by Gasteiger charge is -2.13. The minimum Gasteiger partial charge on any atom is -0.481 e. The van der Waals surface area contributed by atoms with Gasteiger partial charge in [-0.15, -0.1) is 0 Å². The van der Waals surface area contributed by atoms with Crippen LogP contribution in [0.25, 0.3) is 0 Å². The summed E-state index contributed by atoms with van der Waals surface area (Å²) in [5.41, 5.74) is 6.54. The number of allylic oxidation sites excluding steroid dienone is 1. The Bertz CT molecular complexity index is 514. The van der Waals surface area contributed by atoms with Crippen LogP contribution >= 0.6 is 0 Å². The van der Waals surface area contributed by atoms with Crippen molar-refractivity contribution >= 4 is 17.6 Å². The van der Waals surface area contributed by atoms with Gasteiger partial charge in [0.25, 0.3) is 5.91 Å². The standard InChI is InChI=1S/C13H18N4O3/c1-9(4-5-12(18)19)15-16-13(20)11-8-10(17(2)3)6-7-14-11/h6-8,15H,1,4-5H2,2-3H3,(H,16,20)(H,18,19). The third kappa shape index (κ3) is 4.97. The van der Waals surface area contributed by atoms with Gasteiger partial charge in [-0.3, -0.25) is 20.0 Å². The van der Waals surface area contributed by atoms with Gasteiger partial charge in [-0.2, -0.15) is 0 Å². The zero-order valence-electron chi connectivity index (χ0n) is 11.5. The highest BCUT2D eigenvalue weighted by Gasteiger charge is 2.09. The van der Waals surface area contributed by atoms with Crippen molar-refractivity contribution in [1.29, 1.82) is 0 Å². The Hall–Kier alpha value is -2.57. The Kier molecular flexibility index (Phi) is 5.52. The summed E-state index contributed by atoms with van der Waals surface area (Å²) in [6, 6.07) is 3.44. The van der Waals surface area contributed by atoms with Crippen molar-refractivity contribution in [3.63, 3.8) is 0 Å². The van der Waals surface area contributed by atoms with Crippen molar-refractivity contribution < 1.29 is 14.7 Å². The predicted octanol–water partition coefficient (Wildman–Crippen LogP) is 0.760. The summed E-state index contributed by atoms with van der Waals surface area (Å²) in [6.45, 7) is 3.62. The molecular weight excluding hydrogens is 260 g/mol. The van der Waals surface area contributed by atoms with Gasteiger partial charge >= 0.3 is 5.97 Å². The zero-order valence-corrected chi connectivity index (χ0v) is 11.5. The first-order valence-corrected chi connectivity index (χ1v) is 5.99. The van der Waals surface area contributed by atoms with E-state index in [1.165, 1.54) is 0 Å². The molecule has 0 radical (unpaired) electrons. The average Bonchev–Trinajstić information content (AvgIpc) is 2.42. The second kappa shape index (κ2) is 7.13. The van der Waals surface area contributed by atoms with E-state index in [4.69, 9.17) is 5.11 Å². The van der Waals surface area contributed by atoms with Crippen molar-refractivity contribution in [1.82, 2.24) is 15.8 Å². The summed E-state index contributed by atoms with van der Waals surface area (Å²) < 4.78 is 0. The van der Waals surface area contributed by atoms with Crippen LogP contribution < -0.4 is 15.8 Å². The fourth-order valence-electron chi connectivity index (χ4n) is 1.35. The number of carboxylic acids is 1. The van der Waals surface area contributed by atoms with Crippen LogP contribution in [0.5, 0.6) is 0 Å². The Morgan fingerprint density at radius 3 is 2.65 bits per heavy atom. The minimum atomic E-state index is -0.917. The molecule has 7 heteroatoms. The van der Waals surface area contributed by atoms with Gasteiger partial charge in [0.05, 0.1) is 6.42 Å². The smallest absolute Gasteiger partial charge is 0.303 e. The molecule has 0 fully saturated rings. The van der Waals surface area contributed by atoms with Gasteiger partial charge in [0.2, 0.25) is 0 Å². The van der Waals surface area contributed by atoms with Crippen LogP contribution in [0.1, 0.15) is 23.3 Å². The molecule has 20 heavy (non-hydrogen) atoms. The molecule has 0 saturated carbocycles. The fraction of sp³-hybridized carbons (Fsp3) is 0.308. The SMILES string of the molecule is C=C(CCC(=O)O)NNC(=O)c1cc(N(C)C)ccn1. The van der Waals surface area contributed by atoms with E-state index in [9.17, 15) is 9.59 Å². The molecule has 0 aliphatic rings. The van der Waals surface area contributed by atoms with Crippen molar-refractivity contribution in [2.24, 2.45) is 0 Å². The van der Waals surface area contributed by atoms with Gasteiger partial charge in [-0.05, 0) is 18.6 Å². The molecule has 1 aromatic heterocycles. The van der Waals surface area contributed by atoms with Crippen molar-refractivity contribution in [3.8, 4) is 0 Å². The number of amides is 1. The second-order valence-electron chi connectivity index (χ2n) is 4.37. The molecule has 7 nitrogen and oxygen atoms in total. The monoisotopic (exact) mass is 278 g/mol. The molecule has 1 aromatic rings. The van der Waals surface area contributed by atoms with E-state index >= 15 is 0 Å². The first-order valence-electron chi connectivity index (χ1n) is 5.99. The molecule has 0 bridgehead atoms. The van der Waals surface area contributed by atoms with Gasteiger partial charge in [0, 0.05) is 31.7 Å². The lowest BCUT2D eigenvalue weighted by Crippen LogP contribution is -2.37. The molecule has 3 N–H and O–H groups in total. The summed E-state index contributed by atoms with van der Waals surface area (Å²) in [6.07, 6.45) is 1.74. The highest BCUT2D eigenvalue weighted by Crippen LogP contribution is 2.10. The normalized spacial score (nSPS) is 9.70. The molecule has 0 aromatic carbocycles. The van der Waals surface area contributed by atoms with Gasteiger partial charge in [-0.1, -0.05) is 6.58 Å². The van der Waals surface area contributed by atoms with Crippen molar-refractivity contribution in [2.75, 3.05) is 19.0 Å². The Morgan fingerprint density at radius 2 is 2.05 bits per heavy atom. The minimum absolute atomic E-state index is 0.0456. The van der Waals surface area contributed by atoms with Crippen LogP contribution in [-0.2, 0) is 4.79 Å². The summed E-state index contributed by atoms with van der Waals surface area (Å²) in [4.78, 5) is 28.1. The number of anilines is 1. The van der Waals surface area contributed by atoms with Crippen LogP contribution in [0.2, 0.25) is 0 Å². The Morgan fingerprint density at radius 1 is 1.35 bits per heavy atom. The number of carboxylic acid groups (broad SMARTS) is 1. The summed E-state index contributed by atoms with van der Waals surface area (Å²) in [5.74, 6) is -1.33. The highest BCUT2D eigenvalue weighted by atomic mass is 16.4. The predicted molar refractivity (Wildman–Crippen MR) is 75.2 cm³/mol. The molecule has 0 aliphatic carbocycles. The highest BCUT2D eigenvalue weighted by molar-refractivity contribution is 5.92. The summed E-state index contributed by atoms with van der Waals surface area (Å²) >= 11 is 0. The maximum atomic E-state index is 11.9. The van der Waals surface area contributed by atoms with Gasteiger partial charge in [0.15, 0.2) is 0 Å². The van der Waals surface area contributed by atoms with Crippen LogP contribution in [-0.4, -0.2) is 36.1 Å². The van der Waals surface area contributed by atoms with E-state index in [2.05, 4.69) is 22.4 Å². The summed E-state index contributed by atoms with van der Waals surface area (Å²) in [5, 5.41) is 8.53. The largest absolute Gasteiger partial charge is 0.481 e. The van der Waals surface area contributed by atoms with E-state index in [0.717, 1.165) is 5.69 Å². The van der Waals surface area contributed by atoms with Gasteiger partial charge in [-0.25, -0.2) is 0 Å². The molecule has 0 aliphatic heterocycles. The van der Waals surface area contributed by atoms with Crippen LogP contribution in [0.4, 0.5) is 5.69 Å². The number of nitrogens with zero attached hydrogens (tertiary/aromatic N) is 2. The lowest BCUT2D eigenvalue weighted by atomic mass is 10.2. The summed E-state index contributed by atoms with van der Waals surface area (Å²) in [7, 11) is 3.73. The van der Waals surface area contributed by atoms with Crippen molar-refractivity contribution in [2.45, 2.75) is 12.8 Å². The van der Waals surface area contributed by atoms with E-state index in [1.807, 2.05) is 19.0 Å². The Balaban J connectivity index is 2.52. The van der Waals surface area contributed by atoms with E-state index in [-0.39, 0.29) is 18.5 Å². The first-order chi connectivity index (χ1) is 9.40. The molecule has 1 amide bonds. The van der Waals surface area contributed by atoms with E-state index < -0.39 is 11.9 Å².